The summed E-state index contributed by atoms with van der Waals surface area (Å²) in [5, 5.41) is 2.70. The molecule has 0 bridgehead atoms. The number of carbonyl (C=O) groups excluding carboxylic acids is 1. The number of hydrogen-bond donors (Lipinski definition) is 1. The summed E-state index contributed by atoms with van der Waals surface area (Å²) in [7, 11) is 1.78. The van der Waals surface area contributed by atoms with Crippen LogP contribution in [0.1, 0.15) is 43.7 Å². The fourth-order valence-corrected chi connectivity index (χ4v) is 3.08. The minimum absolute atomic E-state index is 0.0989. The topological polar surface area (TPSA) is 32.3 Å². The molecule has 0 aromatic heterocycles. The Labute approximate surface area is 146 Å². The summed E-state index contributed by atoms with van der Waals surface area (Å²) >= 11 is 0. The molecule has 0 radical (unpaired) electrons. The largest absolute Gasteiger partial charge is 0.416 e. The van der Waals surface area contributed by atoms with Gasteiger partial charge >= 0.3 is 12.2 Å². The Bertz CT molecular complexity index is 661. The van der Waals surface area contributed by atoms with E-state index in [1.54, 1.807) is 11.9 Å². The van der Waals surface area contributed by atoms with Crippen LogP contribution >= 0.6 is 0 Å². The molecule has 3 nitrogen and oxygen atoms in total. The number of halogens is 3. The van der Waals surface area contributed by atoms with Gasteiger partial charge in [0.05, 0.1) is 12.1 Å². The van der Waals surface area contributed by atoms with Crippen molar-refractivity contribution in [1.29, 1.82) is 0 Å². The minimum atomic E-state index is -4.38. The van der Waals surface area contributed by atoms with Gasteiger partial charge in [-0.3, -0.25) is 0 Å². The quantitative estimate of drug-likeness (QED) is 0.792. The van der Waals surface area contributed by atoms with Crippen LogP contribution in [0.4, 0.5) is 18.0 Å². The fraction of sp³-hybridized carbons (Fsp3) is 0.526. The van der Waals surface area contributed by atoms with Crippen LogP contribution in [0.2, 0.25) is 0 Å². The van der Waals surface area contributed by atoms with E-state index in [-0.39, 0.29) is 24.2 Å². The zero-order chi connectivity index (χ0) is 18.4. The maximum Gasteiger partial charge on any atom is 0.416 e. The van der Waals surface area contributed by atoms with E-state index in [0.29, 0.717) is 5.92 Å². The lowest BCUT2D eigenvalue weighted by Crippen LogP contribution is -2.45. The van der Waals surface area contributed by atoms with Crippen LogP contribution in [0, 0.1) is 17.8 Å². The van der Waals surface area contributed by atoms with Crippen molar-refractivity contribution in [2.24, 2.45) is 5.92 Å². The molecule has 0 heterocycles. The van der Waals surface area contributed by atoms with Crippen molar-refractivity contribution < 1.29 is 18.0 Å². The third-order valence-corrected chi connectivity index (χ3v) is 4.53. The molecule has 2 unspecified atom stereocenters. The van der Waals surface area contributed by atoms with Gasteiger partial charge in [0, 0.05) is 18.7 Å². The Morgan fingerprint density at radius 2 is 2.12 bits per heavy atom. The summed E-state index contributed by atoms with van der Waals surface area (Å²) in [4.78, 5) is 13.9. The first kappa shape index (κ1) is 19.2. The lowest BCUT2D eigenvalue weighted by molar-refractivity contribution is -0.137. The summed E-state index contributed by atoms with van der Waals surface area (Å²) in [6.45, 7) is 2.29. The molecular weight excluding hydrogens is 329 g/mol. The monoisotopic (exact) mass is 352 g/mol. The van der Waals surface area contributed by atoms with Gasteiger partial charge < -0.3 is 10.2 Å². The first-order valence-electron chi connectivity index (χ1n) is 8.44. The van der Waals surface area contributed by atoms with E-state index in [9.17, 15) is 18.0 Å². The maximum atomic E-state index is 12.6. The molecule has 1 saturated carbocycles. The number of nitrogens with zero attached hydrogens (tertiary/aromatic N) is 1. The Kier molecular flexibility index (Phi) is 6.35. The standard InChI is InChI=1S/C19H23F3N2O/c1-14-6-3-10-17(12-14)24(2)18(25)23-11-5-8-15-7-4-9-16(13-15)19(20,21)22/h4,7,9,13-14,17H,3,6,10-12H2,1-2H3,(H,23,25). The van der Waals surface area contributed by atoms with Crippen molar-refractivity contribution in [1.82, 2.24) is 10.2 Å². The average Bonchev–Trinajstić information content (AvgIpc) is 2.57. The number of carbonyl (C=O) groups is 1. The molecule has 6 heteroatoms. The first-order chi connectivity index (χ1) is 11.8. The second kappa shape index (κ2) is 8.28. The van der Waals surface area contributed by atoms with E-state index in [2.05, 4.69) is 24.1 Å². The third kappa shape index (κ3) is 5.70. The zero-order valence-corrected chi connectivity index (χ0v) is 14.5. The second-order valence-electron chi connectivity index (χ2n) is 6.58. The summed E-state index contributed by atoms with van der Waals surface area (Å²) < 4.78 is 37.9. The number of nitrogens with one attached hydrogen (secondary N) is 1. The summed E-state index contributed by atoms with van der Waals surface area (Å²) in [6.07, 6.45) is -0.0526. The summed E-state index contributed by atoms with van der Waals surface area (Å²) in [6, 6.07) is 4.89. The molecule has 1 aromatic rings. The number of alkyl halides is 3. The van der Waals surface area contributed by atoms with Crippen LogP contribution in [0.5, 0.6) is 0 Å². The predicted octanol–water partition coefficient (Wildman–Crippen LogP) is 4.28. The number of urea groups is 1. The summed E-state index contributed by atoms with van der Waals surface area (Å²) in [5.74, 6) is 5.98. The smallest absolute Gasteiger partial charge is 0.327 e. The molecule has 1 aliphatic carbocycles. The Morgan fingerprint density at radius 1 is 1.36 bits per heavy atom. The molecule has 136 valence electrons. The number of amides is 2. The normalized spacial score (nSPS) is 20.4. The Morgan fingerprint density at radius 3 is 2.80 bits per heavy atom. The van der Waals surface area contributed by atoms with Crippen LogP contribution in [0.25, 0.3) is 0 Å². The van der Waals surface area contributed by atoms with Crippen LogP contribution < -0.4 is 5.32 Å². The molecule has 2 amide bonds. The van der Waals surface area contributed by atoms with Gasteiger partial charge in [0.25, 0.3) is 0 Å². The van der Waals surface area contributed by atoms with E-state index in [4.69, 9.17) is 0 Å². The van der Waals surface area contributed by atoms with Crippen LogP contribution in [-0.2, 0) is 6.18 Å². The SMILES string of the molecule is CC1CCCC(N(C)C(=O)NCC#Cc2cccc(C(F)(F)F)c2)C1. The van der Waals surface area contributed by atoms with Crippen LogP contribution in [0.15, 0.2) is 24.3 Å². The van der Waals surface area contributed by atoms with Crippen molar-refractivity contribution in [2.75, 3.05) is 13.6 Å². The van der Waals surface area contributed by atoms with Crippen LogP contribution in [-0.4, -0.2) is 30.6 Å². The van der Waals surface area contributed by atoms with Gasteiger partial charge in [-0.1, -0.05) is 37.7 Å². The molecule has 0 aliphatic heterocycles. The molecule has 1 fully saturated rings. The second-order valence-corrected chi connectivity index (χ2v) is 6.58. The maximum absolute atomic E-state index is 12.6. The van der Waals surface area contributed by atoms with E-state index < -0.39 is 11.7 Å². The Balaban J connectivity index is 1.86. The molecule has 0 saturated heterocycles. The van der Waals surface area contributed by atoms with E-state index in [1.165, 1.54) is 18.6 Å². The number of rotatable bonds is 2. The molecule has 0 spiro atoms. The average molecular weight is 352 g/mol. The van der Waals surface area contributed by atoms with Gasteiger partial charge in [0.2, 0.25) is 0 Å². The highest BCUT2D eigenvalue weighted by Gasteiger charge is 2.30. The number of benzene rings is 1. The molecule has 1 aliphatic rings. The van der Waals surface area contributed by atoms with Crippen LogP contribution in [0.3, 0.4) is 0 Å². The highest BCUT2D eigenvalue weighted by Crippen LogP contribution is 2.29. The van der Waals surface area contributed by atoms with Gasteiger partial charge in [0.15, 0.2) is 0 Å². The van der Waals surface area contributed by atoms with Crippen molar-refractivity contribution in [2.45, 2.75) is 44.8 Å². The molecule has 2 rings (SSSR count). The molecular formula is C19H23F3N2O. The predicted molar refractivity (Wildman–Crippen MR) is 90.9 cm³/mol. The van der Waals surface area contributed by atoms with Gasteiger partial charge in [0.1, 0.15) is 0 Å². The molecule has 1 N–H and O–H groups in total. The van der Waals surface area contributed by atoms with E-state index in [1.807, 2.05) is 0 Å². The van der Waals surface area contributed by atoms with Crippen molar-refractivity contribution in [3.63, 3.8) is 0 Å². The highest BCUT2D eigenvalue weighted by atomic mass is 19.4. The van der Waals surface area contributed by atoms with Gasteiger partial charge in [-0.05, 0) is 37.0 Å². The van der Waals surface area contributed by atoms with Crippen molar-refractivity contribution in [3.8, 4) is 11.8 Å². The molecule has 2 atom stereocenters. The Hall–Kier alpha value is -2.16. The lowest BCUT2D eigenvalue weighted by Gasteiger charge is -2.33. The molecule has 1 aromatic carbocycles. The van der Waals surface area contributed by atoms with Gasteiger partial charge in [-0.15, -0.1) is 0 Å². The van der Waals surface area contributed by atoms with Crippen molar-refractivity contribution in [3.05, 3.63) is 35.4 Å². The van der Waals surface area contributed by atoms with E-state index >= 15 is 0 Å². The first-order valence-corrected chi connectivity index (χ1v) is 8.44. The zero-order valence-electron chi connectivity index (χ0n) is 14.5. The lowest BCUT2D eigenvalue weighted by atomic mass is 9.86. The number of hydrogen-bond acceptors (Lipinski definition) is 1. The highest BCUT2D eigenvalue weighted by molar-refractivity contribution is 5.74. The van der Waals surface area contributed by atoms with E-state index in [0.717, 1.165) is 31.4 Å². The third-order valence-electron chi connectivity index (χ3n) is 4.53. The van der Waals surface area contributed by atoms with Crippen molar-refractivity contribution >= 4 is 6.03 Å². The van der Waals surface area contributed by atoms with Gasteiger partial charge in [-0.2, -0.15) is 13.2 Å². The summed E-state index contributed by atoms with van der Waals surface area (Å²) in [5.41, 5.74) is -0.451. The van der Waals surface area contributed by atoms with Gasteiger partial charge in [-0.25, -0.2) is 4.79 Å². The minimum Gasteiger partial charge on any atom is -0.327 e. The molecule has 25 heavy (non-hydrogen) atoms. The fourth-order valence-electron chi connectivity index (χ4n) is 3.08.